The molecule has 4 nitrogen and oxygen atoms in total. The Labute approximate surface area is 125 Å². The summed E-state index contributed by atoms with van der Waals surface area (Å²) in [7, 11) is 3.29. The van der Waals surface area contributed by atoms with Crippen LogP contribution in [-0.2, 0) is 11.3 Å². The molecule has 0 heterocycles. The molecule has 2 aromatic carbocycles. The SMILES string of the molecule is COCC(O)CCNCc1ccc(OC)c2ccccc12. The van der Waals surface area contributed by atoms with Gasteiger partial charge in [0.05, 0.1) is 19.8 Å². The number of ether oxygens (including phenoxy) is 2. The van der Waals surface area contributed by atoms with E-state index in [0.29, 0.717) is 13.0 Å². The molecule has 1 unspecified atom stereocenters. The summed E-state index contributed by atoms with van der Waals surface area (Å²) >= 11 is 0. The minimum atomic E-state index is -0.407. The van der Waals surface area contributed by atoms with E-state index in [1.165, 1.54) is 10.9 Å². The van der Waals surface area contributed by atoms with Crippen molar-refractivity contribution in [3.05, 3.63) is 42.0 Å². The highest BCUT2D eigenvalue weighted by Crippen LogP contribution is 2.28. The Balaban J connectivity index is 1.99. The highest BCUT2D eigenvalue weighted by atomic mass is 16.5. The molecule has 0 spiro atoms. The molecular weight excluding hydrogens is 266 g/mol. The van der Waals surface area contributed by atoms with Crippen molar-refractivity contribution < 1.29 is 14.6 Å². The standard InChI is InChI=1S/C17H23NO3/c1-20-12-14(19)9-10-18-11-13-7-8-17(21-2)16-6-4-3-5-15(13)16/h3-8,14,18-19H,9-12H2,1-2H3. The summed E-state index contributed by atoms with van der Waals surface area (Å²) in [4.78, 5) is 0. The van der Waals surface area contributed by atoms with Crippen molar-refractivity contribution in [2.45, 2.75) is 19.1 Å². The summed E-state index contributed by atoms with van der Waals surface area (Å²) in [6, 6.07) is 12.3. The molecular formula is C17H23NO3. The largest absolute Gasteiger partial charge is 0.496 e. The fourth-order valence-corrected chi connectivity index (χ4v) is 2.43. The molecule has 2 aromatic rings. The minimum Gasteiger partial charge on any atom is -0.496 e. The Morgan fingerprint density at radius 2 is 1.86 bits per heavy atom. The lowest BCUT2D eigenvalue weighted by atomic mass is 10.0. The van der Waals surface area contributed by atoms with E-state index in [1.54, 1.807) is 14.2 Å². The van der Waals surface area contributed by atoms with Crippen molar-refractivity contribution in [2.24, 2.45) is 0 Å². The van der Waals surface area contributed by atoms with E-state index in [0.717, 1.165) is 24.2 Å². The summed E-state index contributed by atoms with van der Waals surface area (Å²) in [5.74, 6) is 0.893. The summed E-state index contributed by atoms with van der Waals surface area (Å²) < 4.78 is 10.3. The number of methoxy groups -OCH3 is 2. The van der Waals surface area contributed by atoms with Crippen molar-refractivity contribution >= 4 is 10.8 Å². The quantitative estimate of drug-likeness (QED) is 0.732. The maximum Gasteiger partial charge on any atom is 0.126 e. The molecule has 0 saturated heterocycles. The van der Waals surface area contributed by atoms with Gasteiger partial charge in [0, 0.05) is 19.0 Å². The second kappa shape index (κ2) is 7.98. The predicted molar refractivity (Wildman–Crippen MR) is 84.7 cm³/mol. The first-order valence-corrected chi connectivity index (χ1v) is 7.18. The van der Waals surface area contributed by atoms with Gasteiger partial charge >= 0.3 is 0 Å². The van der Waals surface area contributed by atoms with Crippen LogP contribution in [0.1, 0.15) is 12.0 Å². The number of aliphatic hydroxyl groups is 1. The van der Waals surface area contributed by atoms with Crippen LogP contribution in [0.3, 0.4) is 0 Å². The highest BCUT2D eigenvalue weighted by molar-refractivity contribution is 5.91. The fourth-order valence-electron chi connectivity index (χ4n) is 2.43. The minimum absolute atomic E-state index is 0.382. The van der Waals surface area contributed by atoms with Gasteiger partial charge in [-0.2, -0.15) is 0 Å². The van der Waals surface area contributed by atoms with Crippen molar-refractivity contribution in [3.8, 4) is 5.75 Å². The lowest BCUT2D eigenvalue weighted by Crippen LogP contribution is -2.23. The van der Waals surface area contributed by atoms with Gasteiger partial charge in [-0.3, -0.25) is 0 Å². The van der Waals surface area contributed by atoms with Gasteiger partial charge in [0.25, 0.3) is 0 Å². The zero-order valence-electron chi connectivity index (χ0n) is 12.6. The Morgan fingerprint density at radius 3 is 2.57 bits per heavy atom. The number of hydrogen-bond acceptors (Lipinski definition) is 4. The predicted octanol–water partition coefficient (Wildman–Crippen LogP) is 2.34. The van der Waals surface area contributed by atoms with Crippen LogP contribution in [0, 0.1) is 0 Å². The molecule has 0 aliphatic heterocycles. The van der Waals surface area contributed by atoms with E-state index in [9.17, 15) is 5.11 Å². The molecule has 0 amide bonds. The van der Waals surface area contributed by atoms with Crippen LogP contribution in [0.4, 0.5) is 0 Å². The summed E-state index contributed by atoms with van der Waals surface area (Å²) in [6.07, 6.45) is 0.275. The monoisotopic (exact) mass is 289 g/mol. The molecule has 4 heteroatoms. The molecule has 21 heavy (non-hydrogen) atoms. The van der Waals surface area contributed by atoms with E-state index in [4.69, 9.17) is 9.47 Å². The second-order valence-corrected chi connectivity index (χ2v) is 5.05. The van der Waals surface area contributed by atoms with Crippen molar-refractivity contribution in [2.75, 3.05) is 27.4 Å². The average molecular weight is 289 g/mol. The van der Waals surface area contributed by atoms with Crippen molar-refractivity contribution in [1.82, 2.24) is 5.32 Å². The highest BCUT2D eigenvalue weighted by Gasteiger charge is 2.06. The molecule has 0 bridgehead atoms. The molecule has 0 aliphatic carbocycles. The number of aliphatic hydroxyl groups excluding tert-OH is 1. The molecule has 2 rings (SSSR count). The summed E-state index contributed by atoms with van der Waals surface area (Å²) in [5.41, 5.74) is 1.23. The number of hydrogen-bond donors (Lipinski definition) is 2. The van der Waals surface area contributed by atoms with Crippen LogP contribution in [0.5, 0.6) is 5.75 Å². The van der Waals surface area contributed by atoms with Crippen LogP contribution >= 0.6 is 0 Å². The van der Waals surface area contributed by atoms with Gasteiger partial charge in [-0.15, -0.1) is 0 Å². The maximum atomic E-state index is 9.60. The fraction of sp³-hybridized carbons (Fsp3) is 0.412. The van der Waals surface area contributed by atoms with E-state index in [-0.39, 0.29) is 0 Å². The van der Waals surface area contributed by atoms with E-state index >= 15 is 0 Å². The van der Waals surface area contributed by atoms with Gasteiger partial charge in [0.1, 0.15) is 5.75 Å². The number of benzene rings is 2. The van der Waals surface area contributed by atoms with E-state index in [2.05, 4.69) is 23.5 Å². The Hall–Kier alpha value is -1.62. The van der Waals surface area contributed by atoms with Gasteiger partial charge in [0.2, 0.25) is 0 Å². The third kappa shape index (κ3) is 4.17. The second-order valence-electron chi connectivity index (χ2n) is 5.05. The lowest BCUT2D eigenvalue weighted by Gasteiger charge is -2.13. The number of fused-ring (bicyclic) bond motifs is 1. The summed E-state index contributed by atoms with van der Waals surface area (Å²) in [6.45, 7) is 1.90. The van der Waals surface area contributed by atoms with Crippen LogP contribution in [0.25, 0.3) is 10.8 Å². The molecule has 1 atom stereocenters. The first kappa shape index (κ1) is 15.8. The zero-order chi connectivity index (χ0) is 15.1. The van der Waals surface area contributed by atoms with Gasteiger partial charge < -0.3 is 19.9 Å². The smallest absolute Gasteiger partial charge is 0.126 e. The molecule has 0 aliphatic rings. The third-order valence-electron chi connectivity index (χ3n) is 3.52. The Morgan fingerprint density at radius 1 is 1.10 bits per heavy atom. The van der Waals surface area contributed by atoms with Gasteiger partial charge in [-0.1, -0.05) is 30.3 Å². The topological polar surface area (TPSA) is 50.7 Å². The molecule has 0 fully saturated rings. The van der Waals surface area contributed by atoms with Gasteiger partial charge in [-0.25, -0.2) is 0 Å². The first-order chi connectivity index (χ1) is 10.3. The maximum absolute atomic E-state index is 9.60. The summed E-state index contributed by atoms with van der Waals surface area (Å²) in [5, 5.41) is 15.3. The van der Waals surface area contributed by atoms with Gasteiger partial charge in [0.15, 0.2) is 0 Å². The molecule has 2 N–H and O–H groups in total. The van der Waals surface area contributed by atoms with Gasteiger partial charge in [-0.05, 0) is 30.0 Å². The number of rotatable bonds is 8. The Bertz CT molecular complexity index is 571. The lowest BCUT2D eigenvalue weighted by molar-refractivity contribution is 0.0594. The van der Waals surface area contributed by atoms with E-state index < -0.39 is 6.10 Å². The van der Waals surface area contributed by atoms with Crippen molar-refractivity contribution in [3.63, 3.8) is 0 Å². The van der Waals surface area contributed by atoms with Crippen LogP contribution in [0.2, 0.25) is 0 Å². The molecule has 0 radical (unpaired) electrons. The normalized spacial score (nSPS) is 12.5. The average Bonchev–Trinajstić information content (AvgIpc) is 2.51. The third-order valence-corrected chi connectivity index (χ3v) is 3.52. The molecule has 0 aromatic heterocycles. The molecule has 0 saturated carbocycles. The van der Waals surface area contributed by atoms with E-state index in [1.807, 2.05) is 18.2 Å². The van der Waals surface area contributed by atoms with Crippen LogP contribution < -0.4 is 10.1 Å². The van der Waals surface area contributed by atoms with Crippen LogP contribution in [0.15, 0.2) is 36.4 Å². The van der Waals surface area contributed by atoms with Crippen molar-refractivity contribution in [1.29, 1.82) is 0 Å². The van der Waals surface area contributed by atoms with Crippen LogP contribution in [-0.4, -0.2) is 38.6 Å². The zero-order valence-corrected chi connectivity index (χ0v) is 12.6. The Kier molecular flexibility index (Phi) is 5.99. The molecule has 114 valence electrons. The number of nitrogens with one attached hydrogen (secondary N) is 1. The first-order valence-electron chi connectivity index (χ1n) is 7.18.